The quantitative estimate of drug-likeness (QED) is 0.697. The highest BCUT2D eigenvalue weighted by molar-refractivity contribution is 7.78. The molecule has 21 heavy (non-hydrogen) atoms. The van der Waals surface area contributed by atoms with Crippen LogP contribution in [-0.4, -0.2) is 18.7 Å². The van der Waals surface area contributed by atoms with E-state index in [9.17, 15) is 8.76 Å². The maximum atomic E-state index is 10.7. The Labute approximate surface area is 125 Å². The van der Waals surface area contributed by atoms with Crippen molar-refractivity contribution in [2.75, 3.05) is 0 Å². The van der Waals surface area contributed by atoms with Gasteiger partial charge in [-0.1, -0.05) is 30.3 Å². The Morgan fingerprint density at radius 2 is 1.90 bits per heavy atom. The zero-order chi connectivity index (χ0) is 14.8. The highest BCUT2D eigenvalue weighted by Gasteiger charge is 2.09. The third-order valence-corrected chi connectivity index (χ3v) is 3.90. The summed E-state index contributed by atoms with van der Waals surface area (Å²) in [4.78, 5) is 8.65. The molecule has 0 N–H and O–H groups in total. The van der Waals surface area contributed by atoms with Crippen LogP contribution in [0, 0.1) is 6.92 Å². The Bertz CT molecular complexity index is 816. The van der Waals surface area contributed by atoms with Gasteiger partial charge in [-0.05, 0) is 29.5 Å². The van der Waals surface area contributed by atoms with Crippen LogP contribution in [0.25, 0.3) is 21.9 Å². The zero-order valence-electron chi connectivity index (χ0n) is 11.4. The fourth-order valence-corrected chi connectivity index (χ4v) is 2.82. The number of nitrogens with zero attached hydrogens (tertiary/aromatic N) is 2. The Kier molecular flexibility index (Phi) is 3.77. The van der Waals surface area contributed by atoms with Crippen molar-refractivity contribution in [3.63, 3.8) is 0 Å². The molecule has 2 heterocycles. The van der Waals surface area contributed by atoms with Crippen molar-refractivity contribution in [1.82, 2.24) is 9.97 Å². The normalized spacial score (nSPS) is 12.5. The molecule has 0 aliphatic rings. The second-order valence-corrected chi connectivity index (χ2v) is 5.69. The maximum Gasteiger partial charge on any atom is 0.0526 e. The SMILES string of the molecule is Cc1ncc2ccccc2c1-c1ccc(CS(=O)[O-])nc1. The van der Waals surface area contributed by atoms with Crippen molar-refractivity contribution in [2.45, 2.75) is 12.7 Å². The van der Waals surface area contributed by atoms with Crippen molar-refractivity contribution in [2.24, 2.45) is 0 Å². The lowest BCUT2D eigenvalue weighted by Gasteiger charge is -2.10. The van der Waals surface area contributed by atoms with Gasteiger partial charge in [0, 0.05) is 34.6 Å². The van der Waals surface area contributed by atoms with E-state index in [4.69, 9.17) is 0 Å². The highest BCUT2D eigenvalue weighted by atomic mass is 32.2. The third kappa shape index (κ3) is 2.84. The number of hydrogen-bond acceptors (Lipinski definition) is 4. The Hall–Kier alpha value is -2.11. The number of aryl methyl sites for hydroxylation is 1. The summed E-state index contributed by atoms with van der Waals surface area (Å²) < 4.78 is 21.4. The topological polar surface area (TPSA) is 65.9 Å². The summed E-state index contributed by atoms with van der Waals surface area (Å²) in [5, 5.41) is 2.19. The molecule has 5 heteroatoms. The number of benzene rings is 1. The molecule has 3 rings (SSSR count). The molecule has 0 aliphatic carbocycles. The molecule has 1 atom stereocenters. The standard InChI is InChI=1S/C16H14N2O2S/c1-11-16(15-5-3-2-4-12(15)8-17-11)13-6-7-14(18-9-13)10-21(19)20/h2-9H,10H2,1H3,(H,19,20)/p-1. The zero-order valence-corrected chi connectivity index (χ0v) is 12.3. The highest BCUT2D eigenvalue weighted by Crippen LogP contribution is 2.30. The molecule has 0 bridgehead atoms. The second-order valence-electron chi connectivity index (χ2n) is 4.79. The predicted octanol–water partition coefficient (Wildman–Crippen LogP) is 2.98. The number of pyridine rings is 2. The molecule has 4 nitrogen and oxygen atoms in total. The molecule has 0 saturated carbocycles. The molecule has 106 valence electrons. The van der Waals surface area contributed by atoms with Gasteiger partial charge in [0.05, 0.1) is 11.4 Å². The van der Waals surface area contributed by atoms with E-state index in [1.165, 1.54) is 0 Å². The van der Waals surface area contributed by atoms with Gasteiger partial charge in [0.25, 0.3) is 0 Å². The van der Waals surface area contributed by atoms with Crippen LogP contribution in [0.5, 0.6) is 0 Å². The van der Waals surface area contributed by atoms with Crippen molar-refractivity contribution < 1.29 is 8.76 Å². The van der Waals surface area contributed by atoms with Crippen LogP contribution >= 0.6 is 0 Å². The molecule has 0 spiro atoms. The molecule has 0 amide bonds. The van der Waals surface area contributed by atoms with Crippen LogP contribution in [-0.2, 0) is 16.8 Å². The summed E-state index contributed by atoms with van der Waals surface area (Å²) in [5.74, 6) is -0.0625. The summed E-state index contributed by atoms with van der Waals surface area (Å²) >= 11 is -2.12. The summed E-state index contributed by atoms with van der Waals surface area (Å²) in [5.41, 5.74) is 3.45. The van der Waals surface area contributed by atoms with Crippen LogP contribution in [0.15, 0.2) is 48.8 Å². The minimum Gasteiger partial charge on any atom is -0.772 e. The number of rotatable bonds is 3. The minimum absolute atomic E-state index is 0.0625. The van der Waals surface area contributed by atoms with Crippen molar-refractivity contribution in [3.8, 4) is 11.1 Å². The van der Waals surface area contributed by atoms with E-state index >= 15 is 0 Å². The van der Waals surface area contributed by atoms with Crippen LogP contribution in [0.1, 0.15) is 11.4 Å². The van der Waals surface area contributed by atoms with E-state index in [2.05, 4.69) is 16.0 Å². The van der Waals surface area contributed by atoms with E-state index in [0.29, 0.717) is 5.69 Å². The van der Waals surface area contributed by atoms with E-state index in [1.807, 2.05) is 37.4 Å². The summed E-state index contributed by atoms with van der Waals surface area (Å²) in [6.07, 6.45) is 3.56. The van der Waals surface area contributed by atoms with E-state index in [1.54, 1.807) is 12.3 Å². The van der Waals surface area contributed by atoms with Gasteiger partial charge in [0.15, 0.2) is 0 Å². The van der Waals surface area contributed by atoms with E-state index in [-0.39, 0.29) is 5.75 Å². The van der Waals surface area contributed by atoms with Gasteiger partial charge in [-0.3, -0.25) is 14.2 Å². The Balaban J connectivity index is 2.11. The molecule has 0 aliphatic heterocycles. The van der Waals surface area contributed by atoms with Crippen LogP contribution < -0.4 is 0 Å². The Morgan fingerprint density at radius 3 is 2.62 bits per heavy atom. The lowest BCUT2D eigenvalue weighted by atomic mass is 9.99. The summed E-state index contributed by atoms with van der Waals surface area (Å²) in [6, 6.07) is 11.7. The van der Waals surface area contributed by atoms with Gasteiger partial charge in [-0.2, -0.15) is 0 Å². The van der Waals surface area contributed by atoms with Gasteiger partial charge < -0.3 is 4.55 Å². The summed E-state index contributed by atoms with van der Waals surface area (Å²) in [6.45, 7) is 1.96. The maximum absolute atomic E-state index is 10.7. The van der Waals surface area contributed by atoms with Crippen LogP contribution in [0.4, 0.5) is 0 Å². The van der Waals surface area contributed by atoms with Crippen molar-refractivity contribution >= 4 is 21.9 Å². The molecular formula is C16H13N2O2S-. The fraction of sp³-hybridized carbons (Fsp3) is 0.125. The predicted molar refractivity (Wildman–Crippen MR) is 82.3 cm³/mol. The average Bonchev–Trinajstić information content (AvgIpc) is 2.48. The molecule has 1 aromatic carbocycles. The smallest absolute Gasteiger partial charge is 0.0526 e. The molecule has 0 fully saturated rings. The molecule has 3 aromatic rings. The molecule has 1 unspecified atom stereocenters. The van der Waals surface area contributed by atoms with Gasteiger partial charge >= 0.3 is 0 Å². The number of fused-ring (bicyclic) bond motifs is 1. The average molecular weight is 297 g/mol. The first kappa shape index (κ1) is 13.9. The number of aromatic nitrogens is 2. The fourth-order valence-electron chi connectivity index (χ4n) is 2.41. The second kappa shape index (κ2) is 5.71. The largest absolute Gasteiger partial charge is 0.772 e. The van der Waals surface area contributed by atoms with Gasteiger partial charge in [-0.25, -0.2) is 0 Å². The van der Waals surface area contributed by atoms with Gasteiger partial charge in [0.2, 0.25) is 0 Å². The summed E-state index contributed by atoms with van der Waals surface area (Å²) in [7, 11) is 0. The van der Waals surface area contributed by atoms with Crippen LogP contribution in [0.2, 0.25) is 0 Å². The van der Waals surface area contributed by atoms with Gasteiger partial charge in [0.1, 0.15) is 0 Å². The first-order valence-corrected chi connectivity index (χ1v) is 7.75. The first-order chi connectivity index (χ1) is 10.1. The number of hydrogen-bond donors (Lipinski definition) is 0. The lowest BCUT2D eigenvalue weighted by molar-refractivity contribution is 0.535. The molecule has 0 saturated heterocycles. The van der Waals surface area contributed by atoms with E-state index in [0.717, 1.165) is 27.6 Å². The third-order valence-electron chi connectivity index (χ3n) is 3.37. The van der Waals surface area contributed by atoms with Crippen molar-refractivity contribution in [3.05, 3.63) is 60.2 Å². The minimum atomic E-state index is -2.12. The van der Waals surface area contributed by atoms with Gasteiger partial charge in [-0.15, -0.1) is 0 Å². The monoisotopic (exact) mass is 297 g/mol. The van der Waals surface area contributed by atoms with E-state index < -0.39 is 11.1 Å². The van der Waals surface area contributed by atoms with Crippen LogP contribution in [0.3, 0.4) is 0 Å². The van der Waals surface area contributed by atoms with Crippen molar-refractivity contribution in [1.29, 1.82) is 0 Å². The molecular weight excluding hydrogens is 284 g/mol. The molecule has 0 radical (unpaired) electrons. The lowest BCUT2D eigenvalue weighted by Crippen LogP contribution is -1.97. The molecule has 2 aromatic heterocycles. The Morgan fingerprint density at radius 1 is 1.10 bits per heavy atom. The first-order valence-electron chi connectivity index (χ1n) is 6.50.